The number of anilines is 1. The van der Waals surface area contributed by atoms with E-state index >= 15 is 0 Å². The number of nitrogens with two attached hydrogens (primary N) is 1. The fraction of sp³-hybridized carbons (Fsp3) is 0.455. The largest absolute Gasteiger partial charge is 0.396 e. The standard InChI is InChI=1S/C11H15N5O/c12-11-13-4-9-10(15-11)16(6-14-9)8-2-1-7(3-8)5-17/h1-2,6-8,17H,3-5H2,(H3,12,13,15). The van der Waals surface area contributed by atoms with Gasteiger partial charge in [-0.25, -0.2) is 9.98 Å². The number of aliphatic imine (C=N–C) groups is 1. The average Bonchev–Trinajstić information content (AvgIpc) is 2.93. The van der Waals surface area contributed by atoms with Gasteiger partial charge in [0.1, 0.15) is 11.5 Å². The summed E-state index contributed by atoms with van der Waals surface area (Å²) in [7, 11) is 0. The Hall–Kier alpha value is -1.82. The molecule has 4 N–H and O–H groups in total. The molecule has 0 bridgehead atoms. The number of aliphatic hydroxyl groups is 1. The molecule has 0 amide bonds. The molecule has 1 aromatic rings. The van der Waals surface area contributed by atoms with E-state index in [1.54, 1.807) is 6.33 Å². The van der Waals surface area contributed by atoms with Crippen LogP contribution in [0.25, 0.3) is 0 Å². The van der Waals surface area contributed by atoms with Gasteiger partial charge < -0.3 is 20.7 Å². The zero-order chi connectivity index (χ0) is 11.8. The van der Waals surface area contributed by atoms with Crippen LogP contribution in [-0.2, 0) is 6.54 Å². The smallest absolute Gasteiger partial charge is 0.194 e. The van der Waals surface area contributed by atoms with Gasteiger partial charge in [0.15, 0.2) is 5.96 Å². The van der Waals surface area contributed by atoms with Crippen LogP contribution in [0.1, 0.15) is 18.2 Å². The molecule has 0 spiro atoms. The predicted octanol–water partition coefficient (Wildman–Crippen LogP) is 0.233. The summed E-state index contributed by atoms with van der Waals surface area (Å²) in [5.74, 6) is 1.60. The first-order chi connectivity index (χ1) is 8.28. The van der Waals surface area contributed by atoms with Crippen molar-refractivity contribution in [2.24, 2.45) is 16.6 Å². The minimum Gasteiger partial charge on any atom is -0.396 e. The van der Waals surface area contributed by atoms with Crippen LogP contribution in [-0.4, -0.2) is 27.2 Å². The number of nitrogens with one attached hydrogen (secondary N) is 1. The Labute approximate surface area is 98.9 Å². The highest BCUT2D eigenvalue weighted by molar-refractivity contribution is 5.93. The van der Waals surface area contributed by atoms with Crippen LogP contribution in [0.3, 0.4) is 0 Å². The fourth-order valence-electron chi connectivity index (χ4n) is 2.32. The van der Waals surface area contributed by atoms with E-state index in [1.165, 1.54) is 0 Å². The van der Waals surface area contributed by atoms with Crippen LogP contribution in [0.5, 0.6) is 0 Å². The highest BCUT2D eigenvalue weighted by Gasteiger charge is 2.24. The SMILES string of the molecule is NC1=NCc2ncn(C3C=CC(CO)C3)c2N1. The molecule has 3 rings (SSSR count). The van der Waals surface area contributed by atoms with Crippen molar-refractivity contribution in [1.29, 1.82) is 0 Å². The Morgan fingerprint density at radius 2 is 2.41 bits per heavy atom. The van der Waals surface area contributed by atoms with Gasteiger partial charge in [-0.15, -0.1) is 0 Å². The summed E-state index contributed by atoms with van der Waals surface area (Å²) in [5.41, 5.74) is 6.59. The summed E-state index contributed by atoms with van der Waals surface area (Å²) in [6.07, 6.45) is 6.86. The third-order valence-corrected chi connectivity index (χ3v) is 3.26. The van der Waals surface area contributed by atoms with E-state index in [9.17, 15) is 0 Å². The molecule has 0 aromatic carbocycles. The molecule has 6 nitrogen and oxygen atoms in total. The predicted molar refractivity (Wildman–Crippen MR) is 64.5 cm³/mol. The number of aromatic nitrogens is 2. The molecule has 2 atom stereocenters. The number of imidazole rings is 1. The van der Waals surface area contributed by atoms with Crippen LogP contribution in [0, 0.1) is 5.92 Å². The second-order valence-corrected chi connectivity index (χ2v) is 4.40. The lowest BCUT2D eigenvalue weighted by Gasteiger charge is -2.19. The van der Waals surface area contributed by atoms with Gasteiger partial charge in [-0.05, 0) is 6.42 Å². The van der Waals surface area contributed by atoms with E-state index in [0.717, 1.165) is 17.9 Å². The number of rotatable bonds is 2. The Balaban J connectivity index is 1.87. The van der Waals surface area contributed by atoms with Crippen molar-refractivity contribution >= 4 is 11.8 Å². The maximum Gasteiger partial charge on any atom is 0.194 e. The van der Waals surface area contributed by atoms with Crippen LogP contribution in [0.2, 0.25) is 0 Å². The Morgan fingerprint density at radius 1 is 1.53 bits per heavy atom. The van der Waals surface area contributed by atoms with Crippen LogP contribution < -0.4 is 11.1 Å². The van der Waals surface area contributed by atoms with Crippen LogP contribution >= 0.6 is 0 Å². The molecule has 1 aliphatic heterocycles. The van der Waals surface area contributed by atoms with E-state index < -0.39 is 0 Å². The normalized spacial score (nSPS) is 26.5. The lowest BCUT2D eigenvalue weighted by Crippen LogP contribution is -2.28. The molecule has 0 fully saturated rings. The van der Waals surface area contributed by atoms with Gasteiger partial charge in [0.05, 0.1) is 18.9 Å². The molecule has 1 aliphatic carbocycles. The number of hydrogen-bond donors (Lipinski definition) is 3. The highest BCUT2D eigenvalue weighted by atomic mass is 16.3. The molecule has 2 heterocycles. The Bertz CT molecular complexity index is 490. The van der Waals surface area contributed by atoms with Gasteiger partial charge in [0.2, 0.25) is 0 Å². The maximum atomic E-state index is 9.13. The van der Waals surface area contributed by atoms with Crippen molar-refractivity contribution in [3.63, 3.8) is 0 Å². The molecule has 2 unspecified atom stereocenters. The molecular formula is C11H15N5O. The van der Waals surface area contributed by atoms with Gasteiger partial charge in [0, 0.05) is 12.5 Å². The first-order valence-corrected chi connectivity index (χ1v) is 5.69. The molecule has 2 aliphatic rings. The summed E-state index contributed by atoms with van der Waals surface area (Å²) in [5, 5.41) is 12.2. The van der Waals surface area contributed by atoms with E-state index in [1.807, 2.05) is 0 Å². The number of nitrogens with zero attached hydrogens (tertiary/aromatic N) is 3. The third-order valence-electron chi connectivity index (χ3n) is 3.26. The average molecular weight is 233 g/mol. The first-order valence-electron chi connectivity index (χ1n) is 5.69. The minimum absolute atomic E-state index is 0.195. The highest BCUT2D eigenvalue weighted by Crippen LogP contribution is 2.32. The maximum absolute atomic E-state index is 9.13. The second kappa shape index (κ2) is 3.89. The van der Waals surface area contributed by atoms with Gasteiger partial charge in [-0.2, -0.15) is 0 Å². The number of hydrogen-bond acceptors (Lipinski definition) is 5. The number of fused-ring (bicyclic) bond motifs is 1. The van der Waals surface area contributed by atoms with Crippen molar-refractivity contribution in [2.75, 3.05) is 11.9 Å². The Morgan fingerprint density at radius 3 is 3.18 bits per heavy atom. The lowest BCUT2D eigenvalue weighted by atomic mass is 10.1. The van der Waals surface area contributed by atoms with Crippen LogP contribution in [0.4, 0.5) is 5.82 Å². The summed E-state index contributed by atoms with van der Waals surface area (Å²) >= 11 is 0. The molecule has 0 saturated carbocycles. The second-order valence-electron chi connectivity index (χ2n) is 4.40. The van der Waals surface area contributed by atoms with Crippen molar-refractivity contribution in [1.82, 2.24) is 9.55 Å². The summed E-state index contributed by atoms with van der Waals surface area (Å²) in [6, 6.07) is 0.238. The minimum atomic E-state index is 0.195. The zero-order valence-electron chi connectivity index (χ0n) is 9.37. The molecule has 6 heteroatoms. The van der Waals surface area contributed by atoms with E-state index in [-0.39, 0.29) is 18.6 Å². The van der Waals surface area contributed by atoms with Gasteiger partial charge >= 0.3 is 0 Å². The molecular weight excluding hydrogens is 218 g/mol. The number of guanidine groups is 1. The monoisotopic (exact) mass is 233 g/mol. The molecule has 1 aromatic heterocycles. The summed E-state index contributed by atoms with van der Waals surface area (Å²) in [4.78, 5) is 8.42. The third kappa shape index (κ3) is 1.70. The molecule has 0 saturated heterocycles. The van der Waals surface area contributed by atoms with Crippen molar-refractivity contribution in [3.8, 4) is 0 Å². The van der Waals surface area contributed by atoms with Crippen LogP contribution in [0.15, 0.2) is 23.5 Å². The molecule has 17 heavy (non-hydrogen) atoms. The summed E-state index contributed by atoms with van der Waals surface area (Å²) < 4.78 is 2.06. The van der Waals surface area contributed by atoms with Crippen molar-refractivity contribution in [2.45, 2.75) is 19.0 Å². The van der Waals surface area contributed by atoms with E-state index in [2.05, 4.69) is 32.0 Å². The number of aliphatic hydroxyl groups excluding tert-OH is 1. The van der Waals surface area contributed by atoms with Gasteiger partial charge in [-0.3, -0.25) is 0 Å². The first kappa shape index (κ1) is 10.3. The van der Waals surface area contributed by atoms with Crippen molar-refractivity contribution < 1.29 is 5.11 Å². The van der Waals surface area contributed by atoms with Crippen molar-refractivity contribution in [3.05, 3.63) is 24.2 Å². The summed E-state index contributed by atoms with van der Waals surface area (Å²) in [6.45, 7) is 0.724. The van der Waals surface area contributed by atoms with Gasteiger partial charge in [0.25, 0.3) is 0 Å². The van der Waals surface area contributed by atoms with E-state index in [0.29, 0.717) is 12.5 Å². The Kier molecular flexibility index (Phi) is 2.36. The quantitative estimate of drug-likeness (QED) is 0.638. The topological polar surface area (TPSA) is 88.5 Å². The molecule has 90 valence electrons. The van der Waals surface area contributed by atoms with E-state index in [4.69, 9.17) is 10.8 Å². The fourth-order valence-corrected chi connectivity index (χ4v) is 2.32. The number of allylic oxidation sites excluding steroid dienone is 1. The molecule has 0 radical (unpaired) electrons. The zero-order valence-corrected chi connectivity index (χ0v) is 9.37. The lowest BCUT2D eigenvalue weighted by molar-refractivity contribution is 0.244. The van der Waals surface area contributed by atoms with Gasteiger partial charge in [-0.1, -0.05) is 12.2 Å².